The zero-order valence-corrected chi connectivity index (χ0v) is 61.3. The van der Waals surface area contributed by atoms with Crippen LogP contribution in [0.5, 0.6) is 0 Å². The maximum absolute atomic E-state index is 2.64. The molecular weight excluding hydrogens is 1240 g/mol. The van der Waals surface area contributed by atoms with E-state index in [2.05, 4.69) is 374 Å². The summed E-state index contributed by atoms with van der Waals surface area (Å²) in [4.78, 5) is 5.25. The van der Waals surface area contributed by atoms with Crippen LogP contribution < -0.4 is 26.2 Å². The van der Waals surface area contributed by atoms with E-state index >= 15 is 0 Å². The van der Waals surface area contributed by atoms with Crippen LogP contribution in [0.1, 0.15) is 130 Å². The van der Waals surface area contributed by atoms with E-state index < -0.39 is 0 Å². The largest absolute Gasteiger partial charge is 0.311 e. The molecule has 0 N–H and O–H groups in total. The van der Waals surface area contributed by atoms with Gasteiger partial charge < -0.3 is 18.9 Å². The van der Waals surface area contributed by atoms with Gasteiger partial charge in [0, 0.05) is 61.4 Å². The summed E-state index contributed by atoms with van der Waals surface area (Å²) in [5.41, 5.74) is 35.0. The van der Waals surface area contributed by atoms with E-state index in [1.807, 2.05) is 0 Å². The van der Waals surface area contributed by atoms with Crippen molar-refractivity contribution in [3.8, 4) is 55.9 Å². The molecule has 0 unspecified atom stereocenters. The molecule has 19 rings (SSSR count). The van der Waals surface area contributed by atoms with Gasteiger partial charge in [0.25, 0.3) is 6.71 Å². The third-order valence-corrected chi connectivity index (χ3v) is 24.6. The second-order valence-corrected chi connectivity index (χ2v) is 33.8. The van der Waals surface area contributed by atoms with Crippen LogP contribution in [-0.2, 0) is 27.1 Å². The molecule has 4 aliphatic rings. The van der Waals surface area contributed by atoms with Crippen LogP contribution in [0.4, 0.5) is 34.1 Å². The molecule has 4 heterocycles. The van der Waals surface area contributed by atoms with Crippen LogP contribution >= 0.6 is 0 Å². The van der Waals surface area contributed by atoms with Gasteiger partial charge in [-0.05, 0) is 226 Å². The van der Waals surface area contributed by atoms with Crippen LogP contribution in [0.25, 0.3) is 99.5 Å². The first-order chi connectivity index (χ1) is 49.7. The summed E-state index contributed by atoms with van der Waals surface area (Å²) in [6.07, 6.45) is 4.71. The summed E-state index contributed by atoms with van der Waals surface area (Å²) in [6.45, 7) is 26.3. The highest BCUT2D eigenvalue weighted by molar-refractivity contribution is 7.00. The van der Waals surface area contributed by atoms with Gasteiger partial charge in [-0.3, -0.25) is 0 Å². The molecular formula is C98H87BN4. The highest BCUT2D eigenvalue weighted by Gasteiger charge is 2.45. The van der Waals surface area contributed by atoms with Crippen molar-refractivity contribution in [2.45, 2.75) is 129 Å². The first-order valence-electron chi connectivity index (χ1n) is 37.4. The number of anilines is 6. The average molecular weight is 1330 g/mol. The number of para-hydroxylation sites is 3. The second-order valence-electron chi connectivity index (χ2n) is 33.8. The minimum absolute atomic E-state index is 0.0788. The SMILES string of the molecule is CC(C)(C)c1ccccc1-c1ccc2c(c1)B1c3ccc(-n4c5ccccc5c5cc(-c6ccccc6)ccc54)cc3N(c3ccc(-c4ccc5c(c4)C(C)(C)CCC5(C)C)cc3)c3cc(-n4c5ccccc5c5ccccc54)cc(c31)N2c1ccc(-c2ccc3c(c2)C(C)(C)CCC3(C)C)cc1. The highest BCUT2D eigenvalue weighted by Crippen LogP contribution is 2.52. The molecule has 4 nitrogen and oxygen atoms in total. The van der Waals surface area contributed by atoms with Gasteiger partial charge in [-0.2, -0.15) is 0 Å². The molecule has 502 valence electrons. The Balaban J connectivity index is 0.889. The van der Waals surface area contributed by atoms with Crippen molar-refractivity contribution in [1.82, 2.24) is 9.13 Å². The summed E-state index contributed by atoms with van der Waals surface area (Å²) in [6, 6.07) is 108. The summed E-state index contributed by atoms with van der Waals surface area (Å²) >= 11 is 0. The number of benzene rings is 13. The lowest BCUT2D eigenvalue weighted by Crippen LogP contribution is -2.61. The molecule has 0 bridgehead atoms. The molecule has 13 aromatic carbocycles. The predicted molar refractivity (Wildman–Crippen MR) is 440 cm³/mol. The lowest BCUT2D eigenvalue weighted by Gasteiger charge is -2.45. The quantitative estimate of drug-likeness (QED) is 0.141. The van der Waals surface area contributed by atoms with Gasteiger partial charge in [0.2, 0.25) is 0 Å². The average Bonchev–Trinajstić information content (AvgIpc) is 0.832. The molecule has 2 aliphatic heterocycles. The first-order valence-corrected chi connectivity index (χ1v) is 37.4. The zero-order valence-electron chi connectivity index (χ0n) is 61.3. The van der Waals surface area contributed by atoms with Crippen molar-refractivity contribution in [3.63, 3.8) is 0 Å². The minimum Gasteiger partial charge on any atom is -0.311 e. The second kappa shape index (κ2) is 22.8. The van der Waals surface area contributed by atoms with Crippen molar-refractivity contribution in [3.05, 3.63) is 307 Å². The fourth-order valence-corrected chi connectivity index (χ4v) is 18.8. The lowest BCUT2D eigenvalue weighted by atomic mass is 9.33. The number of aromatic nitrogens is 2. The van der Waals surface area contributed by atoms with Gasteiger partial charge in [0.15, 0.2) is 0 Å². The molecule has 0 fully saturated rings. The zero-order chi connectivity index (χ0) is 70.2. The Morgan fingerprint density at radius 3 is 1.24 bits per heavy atom. The van der Waals surface area contributed by atoms with Crippen molar-refractivity contribution < 1.29 is 0 Å². The molecule has 0 spiro atoms. The van der Waals surface area contributed by atoms with Crippen molar-refractivity contribution >= 4 is 101 Å². The van der Waals surface area contributed by atoms with Gasteiger partial charge in [-0.1, -0.05) is 270 Å². The Morgan fingerprint density at radius 2 is 0.689 bits per heavy atom. The Hall–Kier alpha value is -10.9. The topological polar surface area (TPSA) is 16.3 Å². The van der Waals surface area contributed by atoms with Gasteiger partial charge in [0.1, 0.15) is 0 Å². The molecule has 15 aromatic rings. The Labute approximate surface area is 607 Å². The van der Waals surface area contributed by atoms with E-state index in [4.69, 9.17) is 0 Å². The summed E-state index contributed by atoms with van der Waals surface area (Å²) in [5, 5.41) is 4.93. The van der Waals surface area contributed by atoms with Crippen LogP contribution in [0.2, 0.25) is 0 Å². The molecule has 2 aliphatic carbocycles. The van der Waals surface area contributed by atoms with Crippen LogP contribution in [0.15, 0.2) is 279 Å². The van der Waals surface area contributed by atoms with Crippen molar-refractivity contribution in [1.29, 1.82) is 0 Å². The van der Waals surface area contributed by atoms with Crippen LogP contribution in [0.3, 0.4) is 0 Å². The van der Waals surface area contributed by atoms with Gasteiger partial charge >= 0.3 is 0 Å². The predicted octanol–water partition coefficient (Wildman–Crippen LogP) is 24.6. The fraction of sp³-hybridized carbons (Fsp3) is 0.204. The normalized spacial score (nSPS) is 16.0. The number of nitrogens with zero attached hydrogens (tertiary/aromatic N) is 4. The van der Waals surface area contributed by atoms with Crippen LogP contribution in [-0.4, -0.2) is 15.8 Å². The highest BCUT2D eigenvalue weighted by atomic mass is 15.2. The number of rotatable bonds is 8. The standard InChI is InChI=1S/C98H87BN4/c1-94(2,3)78-29-19-15-25-73(78)68-40-50-89-84(58-68)99-83-48-45-71(102-87-32-22-18-28-76(87)77-55-65(39-49-88(77)102)62-23-13-12-14-24-62)59-90(83)101(70-43-35-64(36-44-70)67-38-47-80-82(57-67)98(10,11)54-52-96(80,6)7)92-61-72(103-85-30-20-16-26-74(85)75-27-17-21-31-86(75)103)60-91(93(92)99)100(89)69-41-33-63(34-42-69)66-37-46-79-81(56-66)97(8,9)53-51-95(79,4)5/h12-50,55-61H,51-54H2,1-11H3. The van der Waals surface area contributed by atoms with Gasteiger partial charge in [-0.25, -0.2) is 0 Å². The third-order valence-electron chi connectivity index (χ3n) is 24.6. The Morgan fingerprint density at radius 1 is 0.282 bits per heavy atom. The monoisotopic (exact) mass is 1330 g/mol. The van der Waals surface area contributed by atoms with E-state index in [1.54, 1.807) is 0 Å². The van der Waals surface area contributed by atoms with E-state index in [9.17, 15) is 0 Å². The molecule has 103 heavy (non-hydrogen) atoms. The summed E-state index contributed by atoms with van der Waals surface area (Å²) in [5.74, 6) is 0. The maximum atomic E-state index is 2.64. The van der Waals surface area contributed by atoms with Gasteiger partial charge in [-0.15, -0.1) is 0 Å². The van der Waals surface area contributed by atoms with E-state index in [0.717, 1.165) is 39.8 Å². The van der Waals surface area contributed by atoms with E-state index in [-0.39, 0.29) is 33.8 Å². The summed E-state index contributed by atoms with van der Waals surface area (Å²) in [7, 11) is 0. The molecule has 5 heteroatoms. The molecule has 2 aromatic heterocycles. The molecule has 0 saturated carbocycles. The van der Waals surface area contributed by atoms with Gasteiger partial charge in [0.05, 0.1) is 27.8 Å². The van der Waals surface area contributed by atoms with E-state index in [1.165, 1.54) is 164 Å². The number of fused-ring (bicyclic) bond motifs is 12. The Kier molecular flexibility index (Phi) is 14.0. The van der Waals surface area contributed by atoms with Crippen LogP contribution in [0, 0.1) is 0 Å². The van der Waals surface area contributed by atoms with Crippen molar-refractivity contribution in [2.75, 3.05) is 9.80 Å². The first kappa shape index (κ1) is 63.1. The smallest absolute Gasteiger partial charge is 0.252 e. The van der Waals surface area contributed by atoms with E-state index in [0.29, 0.717) is 0 Å². The number of hydrogen-bond donors (Lipinski definition) is 0. The maximum Gasteiger partial charge on any atom is 0.252 e. The number of hydrogen-bond acceptors (Lipinski definition) is 2. The lowest BCUT2D eigenvalue weighted by molar-refractivity contribution is 0.332. The van der Waals surface area contributed by atoms with Crippen molar-refractivity contribution in [2.24, 2.45) is 0 Å². The molecule has 0 saturated heterocycles. The third kappa shape index (κ3) is 9.92. The minimum atomic E-state index is -0.179. The molecule has 0 radical (unpaired) electrons. The molecule has 0 amide bonds. The fourth-order valence-electron chi connectivity index (χ4n) is 18.8. The Bertz CT molecular complexity index is 5930. The summed E-state index contributed by atoms with van der Waals surface area (Å²) < 4.78 is 5.05. The molecule has 0 atom stereocenters.